The van der Waals surface area contributed by atoms with E-state index < -0.39 is 10.0 Å². The zero-order valence-electron chi connectivity index (χ0n) is 13.8. The molecule has 0 fully saturated rings. The van der Waals surface area contributed by atoms with Gasteiger partial charge in [-0.3, -0.25) is 9.40 Å². The normalized spacial score (nSPS) is 11.8. The van der Waals surface area contributed by atoms with Crippen molar-refractivity contribution in [3.05, 3.63) is 63.2 Å². The van der Waals surface area contributed by atoms with Gasteiger partial charge in [-0.05, 0) is 40.1 Å². The molecule has 0 atom stereocenters. The third kappa shape index (κ3) is 3.66. The van der Waals surface area contributed by atoms with Gasteiger partial charge in [0.05, 0.1) is 16.6 Å². The predicted octanol–water partition coefficient (Wildman–Crippen LogP) is 4.23. The van der Waals surface area contributed by atoms with Gasteiger partial charge in [0.2, 0.25) is 0 Å². The second kappa shape index (κ2) is 7.25. The van der Waals surface area contributed by atoms with Crippen molar-refractivity contribution in [2.24, 2.45) is 0 Å². The van der Waals surface area contributed by atoms with Crippen LogP contribution in [0.15, 0.2) is 52.1 Å². The summed E-state index contributed by atoms with van der Waals surface area (Å²) < 4.78 is 34.0. The van der Waals surface area contributed by atoms with Gasteiger partial charge in [-0.15, -0.1) is 0 Å². The van der Waals surface area contributed by atoms with Crippen LogP contribution in [0, 0.1) is 0 Å². The van der Waals surface area contributed by atoms with Crippen molar-refractivity contribution in [2.45, 2.75) is 11.4 Å². The van der Waals surface area contributed by atoms with E-state index in [2.05, 4.69) is 24.8 Å². The van der Waals surface area contributed by atoms with Crippen LogP contribution in [0.2, 0.25) is 15.1 Å². The van der Waals surface area contributed by atoms with Gasteiger partial charge >= 0.3 is 0 Å². The van der Waals surface area contributed by atoms with Crippen molar-refractivity contribution in [2.75, 3.05) is 4.72 Å². The van der Waals surface area contributed by atoms with Crippen LogP contribution in [-0.2, 0) is 16.6 Å². The molecular weight excluding hydrogens is 449 g/mol. The molecule has 0 spiro atoms. The highest BCUT2D eigenvalue weighted by Gasteiger charge is 2.23. The third-order valence-electron chi connectivity index (χ3n) is 3.82. The maximum absolute atomic E-state index is 12.8. The van der Waals surface area contributed by atoms with Crippen molar-refractivity contribution in [3.8, 4) is 0 Å². The van der Waals surface area contributed by atoms with Gasteiger partial charge in [-0.25, -0.2) is 13.0 Å². The fourth-order valence-corrected chi connectivity index (χ4v) is 4.30. The first-order chi connectivity index (χ1) is 13.3. The molecule has 12 heteroatoms. The molecule has 8 nitrogen and oxygen atoms in total. The minimum absolute atomic E-state index is 0.0183. The molecule has 0 aliphatic heterocycles. The molecule has 2 aromatic heterocycles. The molecular formula is C16H10Cl3N5O3S. The Morgan fingerprint density at radius 3 is 2.64 bits per heavy atom. The number of sulfonamides is 1. The first-order valence-corrected chi connectivity index (χ1v) is 10.4. The first kappa shape index (κ1) is 19.0. The quantitative estimate of drug-likeness (QED) is 0.480. The lowest BCUT2D eigenvalue weighted by Gasteiger charge is -2.06. The molecule has 0 saturated heterocycles. The Labute approximate surface area is 174 Å². The predicted molar refractivity (Wildman–Crippen MR) is 105 cm³/mol. The number of anilines is 1. The molecule has 0 amide bonds. The minimum Gasteiger partial charge on any atom is -0.265 e. The number of halogens is 3. The summed E-state index contributed by atoms with van der Waals surface area (Å²) in [7, 11) is -4.02. The molecule has 4 rings (SSSR count). The standard InChI is InChI=1S/C16H10Cl3N5O3S/c17-10-5-4-9(6-11(10)18)7-24-8-12(19)16(20-24)23-28(25,26)14-3-1-2-13-15(14)22-27-21-13/h1-6,8H,7H2,(H,20,23). The summed E-state index contributed by atoms with van der Waals surface area (Å²) in [4.78, 5) is -0.0960. The second-order valence-corrected chi connectivity index (χ2v) is 8.64. The third-order valence-corrected chi connectivity index (χ3v) is 6.20. The van der Waals surface area contributed by atoms with Gasteiger partial charge < -0.3 is 0 Å². The van der Waals surface area contributed by atoms with E-state index >= 15 is 0 Å². The van der Waals surface area contributed by atoms with Crippen LogP contribution in [-0.4, -0.2) is 28.5 Å². The highest BCUT2D eigenvalue weighted by atomic mass is 35.5. The second-order valence-electron chi connectivity index (χ2n) is 5.77. The van der Waals surface area contributed by atoms with Crippen LogP contribution in [0.3, 0.4) is 0 Å². The summed E-state index contributed by atoms with van der Waals surface area (Å²) in [5.41, 5.74) is 1.25. The summed E-state index contributed by atoms with van der Waals surface area (Å²) in [5, 5.41) is 12.5. The highest BCUT2D eigenvalue weighted by molar-refractivity contribution is 7.93. The Kier molecular flexibility index (Phi) is 4.92. The van der Waals surface area contributed by atoms with Gasteiger partial charge in [-0.2, -0.15) is 5.10 Å². The van der Waals surface area contributed by atoms with E-state index in [1.165, 1.54) is 23.0 Å². The van der Waals surface area contributed by atoms with Gasteiger partial charge in [0.25, 0.3) is 10.0 Å². The number of nitrogens with zero attached hydrogens (tertiary/aromatic N) is 4. The monoisotopic (exact) mass is 457 g/mol. The zero-order chi connectivity index (χ0) is 19.9. The molecule has 1 N–H and O–H groups in total. The molecule has 0 aliphatic carbocycles. The Hall–Kier alpha value is -2.33. The van der Waals surface area contributed by atoms with Crippen LogP contribution in [0.25, 0.3) is 11.0 Å². The summed E-state index contributed by atoms with van der Waals surface area (Å²) in [6.07, 6.45) is 1.50. The number of rotatable bonds is 5. The van der Waals surface area contributed by atoms with Crippen molar-refractivity contribution < 1.29 is 13.0 Å². The first-order valence-electron chi connectivity index (χ1n) is 7.74. The van der Waals surface area contributed by atoms with Crippen LogP contribution in [0.1, 0.15) is 5.56 Å². The average Bonchev–Trinajstić information content (AvgIpc) is 3.24. The molecule has 0 bridgehead atoms. The van der Waals surface area contributed by atoms with E-state index in [0.29, 0.717) is 22.1 Å². The summed E-state index contributed by atoms with van der Waals surface area (Å²) >= 11 is 18.1. The Morgan fingerprint density at radius 1 is 1.04 bits per heavy atom. The number of nitrogens with one attached hydrogen (secondary N) is 1. The number of hydrogen-bond donors (Lipinski definition) is 1. The van der Waals surface area contributed by atoms with E-state index in [1.807, 2.05) is 0 Å². The SMILES string of the molecule is O=S(=O)(Nc1nn(Cc2ccc(Cl)c(Cl)c2)cc1Cl)c1cccc2nonc12. The summed E-state index contributed by atoms with van der Waals surface area (Å²) in [6, 6.07) is 9.65. The molecule has 0 saturated carbocycles. The van der Waals surface area contributed by atoms with E-state index in [4.69, 9.17) is 34.8 Å². The van der Waals surface area contributed by atoms with Crippen molar-refractivity contribution in [1.29, 1.82) is 0 Å². The van der Waals surface area contributed by atoms with Crippen molar-refractivity contribution >= 4 is 61.7 Å². The van der Waals surface area contributed by atoms with Crippen molar-refractivity contribution in [1.82, 2.24) is 20.1 Å². The molecule has 4 aromatic rings. The van der Waals surface area contributed by atoms with Crippen molar-refractivity contribution in [3.63, 3.8) is 0 Å². The van der Waals surface area contributed by atoms with Crippen LogP contribution in [0.4, 0.5) is 5.82 Å². The highest BCUT2D eigenvalue weighted by Crippen LogP contribution is 2.27. The van der Waals surface area contributed by atoms with E-state index in [0.717, 1.165) is 5.56 Å². The van der Waals surface area contributed by atoms with Gasteiger partial charge in [0.15, 0.2) is 11.3 Å². The smallest absolute Gasteiger partial charge is 0.265 e. The lowest BCUT2D eigenvalue weighted by atomic mass is 10.2. The van der Waals surface area contributed by atoms with Crippen LogP contribution < -0.4 is 4.72 Å². The average molecular weight is 459 g/mol. The Bertz CT molecular complexity index is 1290. The summed E-state index contributed by atoms with van der Waals surface area (Å²) in [6.45, 7) is 0.321. The largest absolute Gasteiger partial charge is 0.265 e. The zero-order valence-corrected chi connectivity index (χ0v) is 16.9. The lowest BCUT2D eigenvalue weighted by molar-refractivity contribution is 0.315. The van der Waals surface area contributed by atoms with Gasteiger partial charge in [-0.1, -0.05) is 46.9 Å². The molecule has 0 aliphatic rings. The molecule has 28 heavy (non-hydrogen) atoms. The molecule has 2 aromatic carbocycles. The van der Waals surface area contributed by atoms with E-state index in [1.54, 1.807) is 24.3 Å². The van der Waals surface area contributed by atoms with Gasteiger partial charge in [0.1, 0.15) is 15.4 Å². The number of fused-ring (bicyclic) bond motifs is 1. The van der Waals surface area contributed by atoms with Gasteiger partial charge in [0, 0.05) is 6.20 Å². The topological polar surface area (TPSA) is 103 Å². The fourth-order valence-electron chi connectivity index (χ4n) is 2.55. The lowest BCUT2D eigenvalue weighted by Crippen LogP contribution is -2.14. The number of benzene rings is 2. The number of aromatic nitrogens is 4. The molecule has 0 unspecified atom stereocenters. The van der Waals surface area contributed by atoms with E-state index in [9.17, 15) is 8.42 Å². The molecule has 2 heterocycles. The fraction of sp³-hybridized carbons (Fsp3) is 0.0625. The molecule has 0 radical (unpaired) electrons. The Morgan fingerprint density at radius 2 is 1.86 bits per heavy atom. The van der Waals surface area contributed by atoms with Crippen LogP contribution >= 0.6 is 34.8 Å². The maximum atomic E-state index is 12.8. The number of hydrogen-bond acceptors (Lipinski definition) is 6. The Balaban J connectivity index is 1.61. The maximum Gasteiger partial charge on any atom is 0.265 e. The molecule has 144 valence electrons. The minimum atomic E-state index is -4.02. The summed E-state index contributed by atoms with van der Waals surface area (Å²) in [5.74, 6) is -0.0183. The van der Waals surface area contributed by atoms with E-state index in [-0.39, 0.29) is 21.3 Å². The van der Waals surface area contributed by atoms with Crippen LogP contribution in [0.5, 0.6) is 0 Å².